The fourth-order valence-electron chi connectivity index (χ4n) is 14.6. The van der Waals surface area contributed by atoms with Gasteiger partial charge < -0.3 is 17.7 Å². The molecule has 0 spiro atoms. The molecule has 0 aliphatic heterocycles. The van der Waals surface area contributed by atoms with Crippen molar-refractivity contribution in [3.8, 4) is 78.4 Å². The summed E-state index contributed by atoms with van der Waals surface area (Å²) in [5.41, 5.74) is 19.1. The highest BCUT2D eigenvalue weighted by Crippen LogP contribution is 2.43. The van der Waals surface area contributed by atoms with Gasteiger partial charge in [-0.15, -0.1) is 0 Å². The van der Waals surface area contributed by atoms with Gasteiger partial charge in [0.25, 0.3) is 0 Å². The average molecular weight is 1500 g/mol. The first-order valence-corrected chi connectivity index (χ1v) is 36.9. The van der Waals surface area contributed by atoms with Gasteiger partial charge in [-0.1, -0.05) is 279 Å². The lowest BCUT2D eigenvalue weighted by Crippen LogP contribution is -1.92. The maximum absolute atomic E-state index is 6.33. The van der Waals surface area contributed by atoms with Crippen LogP contribution in [0.15, 0.2) is 345 Å². The van der Waals surface area contributed by atoms with Crippen LogP contribution in [0.3, 0.4) is 0 Å². The summed E-state index contributed by atoms with van der Waals surface area (Å²) in [6, 6.07) is 111. The molecule has 14 aromatic carbocycles. The SMILES string of the molecule is Clc1nc(-c2cc(-c3ccccc3)cc(-c3ccccc3)c2)c2c(n1)oc1ccccc12.Clc1nc(-c2ccc(-c3cccc4ccccc34)cc2)c2c(n1)oc1ccccc12.Clc1nc(-c2ccc3ccccc3c2)c2c(n1)oc1ccccc12.Clc1nc(-c2cccc3ccccc23)c2c(n1)oc1ccccc12. The number of rotatable bonds is 7. The summed E-state index contributed by atoms with van der Waals surface area (Å²) in [6.07, 6.45) is 0. The van der Waals surface area contributed by atoms with Crippen molar-refractivity contribution in [3.05, 3.63) is 349 Å². The minimum atomic E-state index is 0.165. The molecule has 0 atom stereocenters. The molecule has 0 bridgehead atoms. The molecule has 0 saturated heterocycles. The normalized spacial score (nSPS) is 11.5. The first-order valence-electron chi connectivity index (χ1n) is 35.4. The molecule has 8 heterocycles. The minimum absolute atomic E-state index is 0.165. The average Bonchev–Trinajstić information content (AvgIpc) is 1.60. The summed E-state index contributed by atoms with van der Waals surface area (Å²) in [4.78, 5) is 35.4. The zero-order valence-corrected chi connectivity index (χ0v) is 60.9. The Bertz CT molecular complexity index is 7240. The van der Waals surface area contributed by atoms with Crippen LogP contribution in [-0.2, 0) is 0 Å². The highest BCUT2D eigenvalue weighted by molar-refractivity contribution is 6.31. The van der Waals surface area contributed by atoms with Crippen molar-refractivity contribution >= 4 is 167 Å². The zero-order chi connectivity index (χ0) is 73.8. The molecule has 522 valence electrons. The summed E-state index contributed by atoms with van der Waals surface area (Å²) in [7, 11) is 0. The minimum Gasteiger partial charge on any atom is -0.438 e. The van der Waals surface area contributed by atoms with Crippen molar-refractivity contribution in [2.45, 2.75) is 0 Å². The Balaban J connectivity index is 0.000000100. The molecule has 0 aliphatic rings. The van der Waals surface area contributed by atoms with E-state index in [0.717, 1.165) is 154 Å². The number of aromatic nitrogens is 8. The first-order chi connectivity index (χ1) is 54.1. The predicted molar refractivity (Wildman–Crippen MR) is 448 cm³/mol. The van der Waals surface area contributed by atoms with Crippen LogP contribution in [0.5, 0.6) is 0 Å². The summed E-state index contributed by atoms with van der Waals surface area (Å²) in [5.74, 6) is 0. The quantitative estimate of drug-likeness (QED) is 0.139. The van der Waals surface area contributed by atoms with Crippen LogP contribution in [0.25, 0.3) is 199 Å². The molecule has 12 nitrogen and oxygen atoms in total. The van der Waals surface area contributed by atoms with Gasteiger partial charge in [-0.3, -0.25) is 0 Å². The van der Waals surface area contributed by atoms with Gasteiger partial charge >= 0.3 is 0 Å². The van der Waals surface area contributed by atoms with E-state index in [4.69, 9.17) is 64.1 Å². The molecule has 0 saturated carbocycles. The van der Waals surface area contributed by atoms with Crippen LogP contribution >= 0.6 is 46.4 Å². The number of nitrogens with zero attached hydrogens (tertiary/aromatic N) is 8. The molecular formula is C94H54Cl4N8O4. The van der Waals surface area contributed by atoms with Gasteiger partial charge in [0.1, 0.15) is 22.3 Å². The van der Waals surface area contributed by atoms with Crippen molar-refractivity contribution < 1.29 is 17.7 Å². The van der Waals surface area contributed by atoms with Crippen LogP contribution in [0.4, 0.5) is 0 Å². The summed E-state index contributed by atoms with van der Waals surface area (Å²) >= 11 is 24.9. The van der Waals surface area contributed by atoms with Gasteiger partial charge in [0.15, 0.2) is 0 Å². The van der Waals surface area contributed by atoms with E-state index in [0.29, 0.717) is 22.9 Å². The van der Waals surface area contributed by atoms with Crippen LogP contribution < -0.4 is 0 Å². The van der Waals surface area contributed by atoms with Crippen LogP contribution in [0.2, 0.25) is 21.1 Å². The Kier molecular flexibility index (Phi) is 17.5. The number of benzene rings is 14. The number of halogens is 4. The fourth-order valence-corrected chi connectivity index (χ4v) is 15.3. The molecule has 22 rings (SSSR count). The van der Waals surface area contributed by atoms with Gasteiger partial charge in [0.05, 0.1) is 44.3 Å². The van der Waals surface area contributed by atoms with Gasteiger partial charge in [0.2, 0.25) is 44.0 Å². The van der Waals surface area contributed by atoms with Crippen molar-refractivity contribution in [3.63, 3.8) is 0 Å². The maximum Gasteiger partial charge on any atom is 0.232 e. The van der Waals surface area contributed by atoms with E-state index in [1.165, 1.54) is 21.7 Å². The standard InChI is InChI=1S/C28H17ClN2O.C26H15ClN2O.2C20H11ClN2O/c29-28-30-26(25-23-13-7-8-14-24(23)32-27(25)31-28)22-16-20(18-9-3-1-4-10-18)15-21(17-22)19-11-5-2-6-12-19;27-26-28-24(23-21-9-3-4-11-22(21)30-25(23)29-26)18-14-12-17(13-15-18)20-10-5-7-16-6-1-2-8-19(16)20;21-20-22-18(14-10-5-7-12-6-1-2-8-13(12)14)17-15-9-3-4-11-16(15)24-19(17)23-20;21-20-22-18(14-10-9-12-5-1-2-6-13(12)11-14)17-15-7-3-4-8-16(15)24-19(17)23-20/h1-17H;1-15H;2*1-11H. The first kappa shape index (κ1) is 67.2. The lowest BCUT2D eigenvalue weighted by Gasteiger charge is -2.11. The Labute approximate surface area is 647 Å². The van der Waals surface area contributed by atoms with E-state index in [2.05, 4.69) is 204 Å². The lowest BCUT2D eigenvalue weighted by molar-refractivity contribution is 0.652. The van der Waals surface area contributed by atoms with Gasteiger partial charge in [-0.05, 0) is 161 Å². The molecule has 8 aromatic heterocycles. The van der Waals surface area contributed by atoms with Gasteiger partial charge in [0, 0.05) is 43.8 Å². The largest absolute Gasteiger partial charge is 0.438 e. The zero-order valence-electron chi connectivity index (χ0n) is 57.9. The summed E-state index contributed by atoms with van der Waals surface area (Å²) in [6.45, 7) is 0. The molecule has 0 radical (unpaired) electrons. The number of hydrogen-bond acceptors (Lipinski definition) is 12. The number of para-hydroxylation sites is 4. The van der Waals surface area contributed by atoms with E-state index in [1.807, 2.05) is 164 Å². The van der Waals surface area contributed by atoms with E-state index >= 15 is 0 Å². The monoisotopic (exact) mass is 1500 g/mol. The second-order valence-corrected chi connectivity index (χ2v) is 27.6. The Morgan fingerprint density at radius 3 is 0.945 bits per heavy atom. The topological polar surface area (TPSA) is 156 Å². The molecule has 0 N–H and O–H groups in total. The molecule has 0 aliphatic carbocycles. The highest BCUT2D eigenvalue weighted by Gasteiger charge is 2.23. The number of hydrogen-bond donors (Lipinski definition) is 0. The summed E-state index contributed by atoms with van der Waals surface area (Å²) < 4.78 is 23.6. The fraction of sp³-hybridized carbons (Fsp3) is 0. The lowest BCUT2D eigenvalue weighted by atomic mass is 9.94. The van der Waals surface area contributed by atoms with E-state index in [1.54, 1.807) is 0 Å². The number of furan rings is 4. The number of fused-ring (bicyclic) bond motifs is 15. The Morgan fingerprint density at radius 2 is 0.491 bits per heavy atom. The van der Waals surface area contributed by atoms with Crippen molar-refractivity contribution in [2.24, 2.45) is 0 Å². The second-order valence-electron chi connectivity index (χ2n) is 26.2. The molecule has 0 unspecified atom stereocenters. The molecular weight excluding hydrogens is 1450 g/mol. The third kappa shape index (κ3) is 12.8. The predicted octanol–water partition coefficient (Wildman–Crippen LogP) is 27.2. The van der Waals surface area contributed by atoms with E-state index < -0.39 is 0 Å². The van der Waals surface area contributed by atoms with E-state index in [9.17, 15) is 0 Å². The van der Waals surface area contributed by atoms with Gasteiger partial charge in [-0.2, -0.15) is 19.9 Å². The Morgan fingerprint density at radius 1 is 0.182 bits per heavy atom. The second kappa shape index (κ2) is 28.7. The highest BCUT2D eigenvalue weighted by atomic mass is 35.5. The third-order valence-corrected chi connectivity index (χ3v) is 20.3. The van der Waals surface area contributed by atoms with Crippen LogP contribution in [0.1, 0.15) is 0 Å². The van der Waals surface area contributed by atoms with Crippen molar-refractivity contribution in [1.82, 2.24) is 39.9 Å². The molecule has 22 aromatic rings. The van der Waals surface area contributed by atoms with E-state index in [-0.39, 0.29) is 21.1 Å². The van der Waals surface area contributed by atoms with Gasteiger partial charge in [-0.25, -0.2) is 19.9 Å². The van der Waals surface area contributed by atoms with Crippen molar-refractivity contribution in [1.29, 1.82) is 0 Å². The molecule has 0 fully saturated rings. The Hall–Kier alpha value is -13.5. The third-order valence-electron chi connectivity index (χ3n) is 19.6. The molecule has 0 amide bonds. The molecule has 110 heavy (non-hydrogen) atoms. The summed E-state index contributed by atoms with van der Waals surface area (Å²) in [5, 5.41) is 15.3. The van der Waals surface area contributed by atoms with Crippen molar-refractivity contribution in [2.75, 3.05) is 0 Å². The molecule has 16 heteroatoms. The van der Waals surface area contributed by atoms with Crippen LogP contribution in [-0.4, -0.2) is 39.9 Å². The smallest absolute Gasteiger partial charge is 0.232 e. The maximum atomic E-state index is 6.33. The van der Waals surface area contributed by atoms with Crippen LogP contribution in [0, 0.1) is 0 Å².